The summed E-state index contributed by atoms with van der Waals surface area (Å²) in [5, 5.41) is 9.34. The average molecular weight is 303 g/mol. The van der Waals surface area contributed by atoms with Crippen LogP contribution < -0.4 is 0 Å². The van der Waals surface area contributed by atoms with E-state index in [1.165, 1.54) is 7.11 Å². The van der Waals surface area contributed by atoms with Crippen molar-refractivity contribution >= 4 is 17.5 Å². The predicted molar refractivity (Wildman–Crippen MR) is 78.3 cm³/mol. The van der Waals surface area contributed by atoms with Crippen LogP contribution in [0, 0.1) is 0 Å². The number of hydrogen-bond acceptors (Lipinski definition) is 5. The Morgan fingerprint density at radius 3 is 2.77 bits per heavy atom. The summed E-state index contributed by atoms with van der Waals surface area (Å²) in [6.45, 7) is 1.76. The Morgan fingerprint density at radius 2 is 2.18 bits per heavy atom. The standard InChI is InChI=1S/C15H17N3O4/c1-17-6-5-9(7-17)13-16-12(14(19)20)11-4-3-10(8-18(11)13)15(21)22-2/h3-4,8-9H,5-7H2,1-2H3,(H,19,20). The molecule has 2 aromatic rings. The van der Waals surface area contributed by atoms with Gasteiger partial charge in [-0.25, -0.2) is 14.6 Å². The summed E-state index contributed by atoms with van der Waals surface area (Å²) in [6.07, 6.45) is 2.52. The number of carboxylic acids is 1. The van der Waals surface area contributed by atoms with E-state index in [9.17, 15) is 14.7 Å². The first kappa shape index (κ1) is 14.5. The fourth-order valence-electron chi connectivity index (χ4n) is 2.94. The first-order valence-corrected chi connectivity index (χ1v) is 7.03. The van der Waals surface area contributed by atoms with Crippen LogP contribution in [0.2, 0.25) is 0 Å². The van der Waals surface area contributed by atoms with E-state index in [2.05, 4.69) is 9.88 Å². The van der Waals surface area contributed by atoms with Crippen LogP contribution in [0.25, 0.3) is 5.52 Å². The summed E-state index contributed by atoms with van der Waals surface area (Å²) in [5.41, 5.74) is 0.877. The number of hydrogen-bond donors (Lipinski definition) is 1. The quantitative estimate of drug-likeness (QED) is 0.859. The monoisotopic (exact) mass is 303 g/mol. The molecule has 2 aromatic heterocycles. The van der Waals surface area contributed by atoms with Crippen molar-refractivity contribution in [3.63, 3.8) is 0 Å². The third kappa shape index (κ3) is 2.33. The molecule has 7 heteroatoms. The van der Waals surface area contributed by atoms with Crippen LogP contribution >= 0.6 is 0 Å². The van der Waals surface area contributed by atoms with Gasteiger partial charge >= 0.3 is 11.9 Å². The van der Waals surface area contributed by atoms with Crippen molar-refractivity contribution in [3.05, 3.63) is 35.4 Å². The minimum Gasteiger partial charge on any atom is -0.476 e. The summed E-state index contributed by atoms with van der Waals surface area (Å²) in [6, 6.07) is 3.16. The summed E-state index contributed by atoms with van der Waals surface area (Å²) in [5.74, 6) is -0.691. The molecule has 22 heavy (non-hydrogen) atoms. The molecule has 1 atom stereocenters. The highest BCUT2D eigenvalue weighted by atomic mass is 16.5. The second kappa shape index (κ2) is 5.42. The molecular weight excluding hydrogens is 286 g/mol. The fraction of sp³-hybridized carbons (Fsp3) is 0.400. The first-order chi connectivity index (χ1) is 10.5. The summed E-state index contributed by atoms with van der Waals surface area (Å²) < 4.78 is 6.43. The highest BCUT2D eigenvalue weighted by Crippen LogP contribution is 2.28. The number of aromatic nitrogens is 2. The minimum absolute atomic E-state index is 0.0148. The van der Waals surface area contributed by atoms with E-state index in [-0.39, 0.29) is 11.6 Å². The zero-order valence-electron chi connectivity index (χ0n) is 12.4. The van der Waals surface area contributed by atoms with Gasteiger partial charge in [0, 0.05) is 18.7 Å². The maximum Gasteiger partial charge on any atom is 0.356 e. The van der Waals surface area contributed by atoms with Gasteiger partial charge in [-0.1, -0.05) is 0 Å². The Labute approximate surface area is 127 Å². The molecule has 1 fully saturated rings. The van der Waals surface area contributed by atoms with Gasteiger partial charge in [0.25, 0.3) is 0 Å². The van der Waals surface area contributed by atoms with Crippen molar-refractivity contribution in [2.45, 2.75) is 12.3 Å². The van der Waals surface area contributed by atoms with E-state index in [1.54, 1.807) is 22.7 Å². The molecule has 0 aliphatic carbocycles. The first-order valence-electron chi connectivity index (χ1n) is 7.03. The van der Waals surface area contributed by atoms with Gasteiger partial charge in [0.1, 0.15) is 5.82 Å². The molecular formula is C15H17N3O4. The number of rotatable bonds is 3. The Balaban J connectivity index is 2.16. The smallest absolute Gasteiger partial charge is 0.356 e. The number of ether oxygens (including phenoxy) is 1. The molecule has 0 saturated carbocycles. The summed E-state index contributed by atoms with van der Waals surface area (Å²) in [4.78, 5) is 29.6. The summed E-state index contributed by atoms with van der Waals surface area (Å²) in [7, 11) is 3.34. The molecule has 7 nitrogen and oxygen atoms in total. The van der Waals surface area contributed by atoms with E-state index in [1.807, 2.05) is 7.05 Å². The molecule has 0 aromatic carbocycles. The number of pyridine rings is 1. The van der Waals surface area contributed by atoms with Crippen LogP contribution in [-0.2, 0) is 4.74 Å². The number of methoxy groups -OCH3 is 1. The van der Waals surface area contributed by atoms with Crippen molar-refractivity contribution in [1.29, 1.82) is 0 Å². The molecule has 1 aliphatic heterocycles. The van der Waals surface area contributed by atoms with Crippen molar-refractivity contribution in [2.75, 3.05) is 27.2 Å². The lowest BCUT2D eigenvalue weighted by atomic mass is 10.1. The topological polar surface area (TPSA) is 84.1 Å². The highest BCUT2D eigenvalue weighted by molar-refractivity contribution is 5.95. The second-order valence-corrected chi connectivity index (χ2v) is 5.54. The van der Waals surface area contributed by atoms with Gasteiger partial charge in [-0.3, -0.25) is 0 Å². The van der Waals surface area contributed by atoms with Gasteiger partial charge in [-0.05, 0) is 32.1 Å². The van der Waals surface area contributed by atoms with Gasteiger partial charge in [-0.2, -0.15) is 0 Å². The van der Waals surface area contributed by atoms with E-state index in [0.717, 1.165) is 19.5 Å². The summed E-state index contributed by atoms with van der Waals surface area (Å²) >= 11 is 0. The number of carbonyl (C=O) groups is 2. The van der Waals surface area contributed by atoms with E-state index in [0.29, 0.717) is 16.9 Å². The van der Waals surface area contributed by atoms with Crippen molar-refractivity contribution in [1.82, 2.24) is 14.3 Å². The third-order valence-electron chi connectivity index (χ3n) is 4.04. The van der Waals surface area contributed by atoms with Crippen LogP contribution in [0.4, 0.5) is 0 Å². The van der Waals surface area contributed by atoms with Crippen LogP contribution in [0.3, 0.4) is 0 Å². The second-order valence-electron chi connectivity index (χ2n) is 5.54. The highest BCUT2D eigenvalue weighted by Gasteiger charge is 2.28. The normalized spacial score (nSPS) is 18.7. The molecule has 0 bridgehead atoms. The maximum atomic E-state index is 11.7. The number of esters is 1. The van der Waals surface area contributed by atoms with E-state index in [4.69, 9.17) is 4.74 Å². The molecule has 116 valence electrons. The lowest BCUT2D eigenvalue weighted by molar-refractivity contribution is 0.0599. The zero-order chi connectivity index (χ0) is 15.9. The maximum absolute atomic E-state index is 11.7. The zero-order valence-corrected chi connectivity index (χ0v) is 12.4. The van der Waals surface area contributed by atoms with E-state index < -0.39 is 11.9 Å². The number of fused-ring (bicyclic) bond motifs is 1. The van der Waals surface area contributed by atoms with Crippen LogP contribution in [0.1, 0.15) is 39.0 Å². The number of nitrogens with zero attached hydrogens (tertiary/aromatic N) is 3. The number of likely N-dealkylation sites (tertiary alicyclic amines) is 1. The molecule has 1 N–H and O–H groups in total. The lowest BCUT2D eigenvalue weighted by Crippen LogP contribution is -2.14. The number of imidazole rings is 1. The van der Waals surface area contributed by atoms with Gasteiger partial charge in [-0.15, -0.1) is 0 Å². The molecule has 0 radical (unpaired) electrons. The van der Waals surface area contributed by atoms with Gasteiger partial charge < -0.3 is 19.1 Å². The largest absolute Gasteiger partial charge is 0.476 e. The average Bonchev–Trinajstić information content (AvgIpc) is 3.09. The molecule has 3 heterocycles. The van der Waals surface area contributed by atoms with Crippen LogP contribution in [-0.4, -0.2) is 58.6 Å². The van der Waals surface area contributed by atoms with Gasteiger partial charge in [0.05, 0.1) is 18.2 Å². The number of carbonyl (C=O) groups excluding carboxylic acids is 1. The molecule has 1 saturated heterocycles. The van der Waals surface area contributed by atoms with Gasteiger partial charge in [0.15, 0.2) is 5.69 Å². The molecule has 1 unspecified atom stereocenters. The van der Waals surface area contributed by atoms with Crippen molar-refractivity contribution < 1.29 is 19.4 Å². The minimum atomic E-state index is -1.07. The number of likely N-dealkylation sites (N-methyl/N-ethyl adjacent to an activating group) is 1. The van der Waals surface area contributed by atoms with Crippen molar-refractivity contribution in [3.8, 4) is 0 Å². The molecule has 3 rings (SSSR count). The Hall–Kier alpha value is -2.41. The SMILES string of the molecule is COC(=O)c1ccc2c(C(=O)O)nc(C3CCN(C)C3)n2c1. The molecule has 0 amide bonds. The Morgan fingerprint density at radius 1 is 1.41 bits per heavy atom. The van der Waals surface area contributed by atoms with Crippen molar-refractivity contribution in [2.24, 2.45) is 0 Å². The predicted octanol–water partition coefficient (Wildman–Crippen LogP) is 1.24. The third-order valence-corrected chi connectivity index (χ3v) is 4.04. The lowest BCUT2D eigenvalue weighted by Gasteiger charge is -2.10. The molecule has 0 spiro atoms. The van der Waals surface area contributed by atoms with Gasteiger partial charge in [0.2, 0.25) is 0 Å². The fourth-order valence-corrected chi connectivity index (χ4v) is 2.94. The number of aromatic carboxylic acids is 1. The number of carboxylic acid groups (broad SMARTS) is 1. The Bertz CT molecular complexity index is 753. The molecule has 1 aliphatic rings. The van der Waals surface area contributed by atoms with Crippen LogP contribution in [0.15, 0.2) is 18.3 Å². The van der Waals surface area contributed by atoms with E-state index >= 15 is 0 Å². The van der Waals surface area contributed by atoms with Crippen LogP contribution in [0.5, 0.6) is 0 Å². The Kier molecular flexibility index (Phi) is 3.58.